The number of para-hydroxylation sites is 1. The van der Waals surface area contributed by atoms with E-state index < -0.39 is 0 Å². The van der Waals surface area contributed by atoms with E-state index in [0.717, 1.165) is 33.3 Å². The van der Waals surface area contributed by atoms with Crippen LogP contribution in [0.25, 0.3) is 11.0 Å². The predicted octanol–water partition coefficient (Wildman–Crippen LogP) is 6.01. The summed E-state index contributed by atoms with van der Waals surface area (Å²) in [6, 6.07) is 19.9. The van der Waals surface area contributed by atoms with E-state index in [1.54, 1.807) is 0 Å². The number of anilines is 1. The highest BCUT2D eigenvalue weighted by molar-refractivity contribution is 6.33. The molecule has 0 atom stereocenters. The van der Waals surface area contributed by atoms with Gasteiger partial charge in [0.2, 0.25) is 0 Å². The van der Waals surface area contributed by atoms with Crippen molar-refractivity contribution in [3.63, 3.8) is 0 Å². The van der Waals surface area contributed by atoms with E-state index >= 15 is 0 Å². The number of hydrogen-bond acceptors (Lipinski definition) is 4. The van der Waals surface area contributed by atoms with Crippen LogP contribution < -0.4 is 15.3 Å². The maximum Gasteiger partial charge on any atom is 0.340 e. The van der Waals surface area contributed by atoms with Gasteiger partial charge in [-0.2, -0.15) is 0 Å². The normalized spacial score (nSPS) is 13.2. The van der Waals surface area contributed by atoms with Crippen molar-refractivity contribution in [3.05, 3.63) is 104 Å². The second kappa shape index (κ2) is 7.78. The zero-order valence-electron chi connectivity index (χ0n) is 17.4. The van der Waals surface area contributed by atoms with E-state index in [4.69, 9.17) is 20.8 Å². The van der Waals surface area contributed by atoms with Gasteiger partial charge in [0.05, 0.1) is 17.1 Å². The number of hydrogen-bond donors (Lipinski definition) is 0. The van der Waals surface area contributed by atoms with Gasteiger partial charge in [0.15, 0.2) is 6.73 Å². The topological polar surface area (TPSA) is 42.7 Å². The molecular formula is C26H22ClNO3. The summed E-state index contributed by atoms with van der Waals surface area (Å²) in [6.07, 6.45) is 0.519. The fourth-order valence-corrected chi connectivity index (χ4v) is 4.57. The lowest BCUT2D eigenvalue weighted by Crippen LogP contribution is -2.32. The standard InChI is InChI=1S/C26H22ClNO3/c1-16-8-6-7-11-23(16)28-14-21-24-19(13-22(27)25(21)30-15-28)17(2)20(26(29)31-24)12-18-9-4-3-5-10-18/h3-11,13H,12,14-15H2,1-2H3. The van der Waals surface area contributed by atoms with Crippen molar-refractivity contribution in [2.75, 3.05) is 11.6 Å². The lowest BCUT2D eigenvalue weighted by molar-refractivity contribution is 0.289. The van der Waals surface area contributed by atoms with E-state index in [-0.39, 0.29) is 5.63 Å². The number of nitrogens with zero attached hydrogens (tertiary/aromatic N) is 1. The molecule has 4 nitrogen and oxygen atoms in total. The van der Waals surface area contributed by atoms with Gasteiger partial charge in [-0.15, -0.1) is 0 Å². The Morgan fingerprint density at radius 2 is 1.77 bits per heavy atom. The van der Waals surface area contributed by atoms with Crippen LogP contribution in [0.4, 0.5) is 5.69 Å². The highest BCUT2D eigenvalue weighted by atomic mass is 35.5. The first-order valence-corrected chi connectivity index (χ1v) is 10.7. The molecule has 156 valence electrons. The number of ether oxygens (including phenoxy) is 1. The highest BCUT2D eigenvalue weighted by Crippen LogP contribution is 2.41. The fourth-order valence-electron chi connectivity index (χ4n) is 4.29. The largest absolute Gasteiger partial charge is 0.471 e. The molecule has 5 rings (SSSR count). The van der Waals surface area contributed by atoms with Crippen LogP contribution in [0.1, 0.15) is 27.8 Å². The quantitative estimate of drug-likeness (QED) is 0.372. The van der Waals surface area contributed by atoms with Gasteiger partial charge in [0.1, 0.15) is 11.3 Å². The van der Waals surface area contributed by atoms with E-state index in [2.05, 4.69) is 24.0 Å². The summed E-state index contributed by atoms with van der Waals surface area (Å²) < 4.78 is 11.9. The van der Waals surface area contributed by atoms with Crippen LogP contribution in [-0.2, 0) is 13.0 Å². The van der Waals surface area contributed by atoms with E-state index in [0.29, 0.717) is 41.6 Å². The van der Waals surface area contributed by atoms with Crippen molar-refractivity contribution >= 4 is 28.3 Å². The number of rotatable bonds is 3. The summed E-state index contributed by atoms with van der Waals surface area (Å²) >= 11 is 6.61. The fraction of sp³-hybridized carbons (Fsp3) is 0.192. The van der Waals surface area contributed by atoms with Crippen molar-refractivity contribution in [1.29, 1.82) is 0 Å². The Balaban J connectivity index is 1.64. The molecule has 4 aromatic rings. The molecule has 1 aromatic heterocycles. The third-order valence-electron chi connectivity index (χ3n) is 5.97. The van der Waals surface area contributed by atoms with Gasteiger partial charge >= 0.3 is 5.63 Å². The average Bonchev–Trinajstić information content (AvgIpc) is 2.78. The van der Waals surface area contributed by atoms with Crippen LogP contribution in [0.15, 0.2) is 69.9 Å². The van der Waals surface area contributed by atoms with Gasteiger partial charge in [-0.3, -0.25) is 0 Å². The Bertz CT molecular complexity index is 1340. The van der Waals surface area contributed by atoms with E-state index in [1.807, 2.05) is 55.5 Å². The van der Waals surface area contributed by atoms with Crippen LogP contribution in [0.5, 0.6) is 5.75 Å². The highest BCUT2D eigenvalue weighted by Gasteiger charge is 2.26. The minimum atomic E-state index is -0.314. The zero-order chi connectivity index (χ0) is 21.5. The van der Waals surface area contributed by atoms with Crippen LogP contribution in [0.3, 0.4) is 0 Å². The summed E-state index contributed by atoms with van der Waals surface area (Å²) in [5.41, 5.74) is 5.90. The predicted molar refractivity (Wildman–Crippen MR) is 124 cm³/mol. The minimum absolute atomic E-state index is 0.314. The Hall–Kier alpha value is -3.24. The lowest BCUT2D eigenvalue weighted by Gasteiger charge is -2.32. The Morgan fingerprint density at radius 1 is 1.03 bits per heavy atom. The summed E-state index contributed by atoms with van der Waals surface area (Å²) in [4.78, 5) is 15.1. The third-order valence-corrected chi connectivity index (χ3v) is 6.25. The van der Waals surface area contributed by atoms with E-state index in [9.17, 15) is 4.79 Å². The molecule has 0 spiro atoms. The molecule has 0 amide bonds. The zero-order valence-corrected chi connectivity index (χ0v) is 18.2. The van der Waals surface area contributed by atoms with Crippen molar-refractivity contribution in [1.82, 2.24) is 0 Å². The first-order chi connectivity index (χ1) is 15.0. The molecule has 0 saturated heterocycles. The van der Waals surface area contributed by atoms with E-state index in [1.165, 1.54) is 0 Å². The monoisotopic (exact) mass is 431 g/mol. The van der Waals surface area contributed by atoms with Gasteiger partial charge in [-0.1, -0.05) is 60.1 Å². The van der Waals surface area contributed by atoms with Crippen molar-refractivity contribution in [3.8, 4) is 5.75 Å². The maximum absolute atomic E-state index is 13.0. The molecule has 31 heavy (non-hydrogen) atoms. The summed E-state index contributed by atoms with van der Waals surface area (Å²) in [5, 5.41) is 1.39. The smallest absolute Gasteiger partial charge is 0.340 e. The Labute approximate surface area is 185 Å². The SMILES string of the molecule is Cc1ccccc1N1COc2c(Cl)cc3c(C)c(Cc4ccccc4)c(=O)oc3c2C1. The number of benzene rings is 3. The summed E-state index contributed by atoms with van der Waals surface area (Å²) in [5.74, 6) is 0.595. The molecule has 1 aliphatic rings. The third kappa shape index (κ3) is 3.47. The van der Waals surface area contributed by atoms with Crippen LogP contribution in [-0.4, -0.2) is 6.73 Å². The molecule has 3 aromatic carbocycles. The van der Waals surface area contributed by atoms with Crippen LogP contribution >= 0.6 is 11.6 Å². The molecule has 0 aliphatic carbocycles. The second-order valence-corrected chi connectivity index (χ2v) is 8.36. The maximum atomic E-state index is 13.0. The van der Waals surface area contributed by atoms with Gasteiger partial charge < -0.3 is 14.1 Å². The van der Waals surface area contributed by atoms with Crippen LogP contribution in [0, 0.1) is 13.8 Å². The van der Waals surface area contributed by atoms with Crippen molar-refractivity contribution in [2.24, 2.45) is 0 Å². The average molecular weight is 432 g/mol. The van der Waals surface area contributed by atoms with Crippen LogP contribution in [0.2, 0.25) is 5.02 Å². The van der Waals surface area contributed by atoms with Crippen molar-refractivity contribution in [2.45, 2.75) is 26.8 Å². The Morgan fingerprint density at radius 3 is 2.55 bits per heavy atom. The van der Waals surface area contributed by atoms with Gasteiger partial charge in [-0.25, -0.2) is 4.79 Å². The number of halogens is 1. The molecule has 2 heterocycles. The molecule has 0 saturated carbocycles. The first kappa shape index (κ1) is 19.7. The molecule has 0 radical (unpaired) electrons. The molecule has 0 fully saturated rings. The number of fused-ring (bicyclic) bond motifs is 3. The Kier molecular flexibility index (Phi) is 4.95. The summed E-state index contributed by atoms with van der Waals surface area (Å²) in [6.45, 7) is 4.97. The molecule has 1 aliphatic heterocycles. The van der Waals surface area contributed by atoms with Gasteiger partial charge in [0.25, 0.3) is 0 Å². The molecule has 0 unspecified atom stereocenters. The molecular weight excluding hydrogens is 410 g/mol. The first-order valence-electron chi connectivity index (χ1n) is 10.3. The van der Waals surface area contributed by atoms with Crippen molar-refractivity contribution < 1.29 is 9.15 Å². The lowest BCUT2D eigenvalue weighted by atomic mass is 9.97. The molecule has 0 N–H and O–H groups in total. The summed E-state index contributed by atoms with van der Waals surface area (Å²) in [7, 11) is 0. The number of aryl methyl sites for hydroxylation is 2. The van der Waals surface area contributed by atoms with Gasteiger partial charge in [-0.05, 0) is 42.7 Å². The molecule has 0 bridgehead atoms. The minimum Gasteiger partial charge on any atom is -0.471 e. The second-order valence-electron chi connectivity index (χ2n) is 7.96. The molecule has 5 heteroatoms. The van der Waals surface area contributed by atoms with Gasteiger partial charge in [0, 0.05) is 23.1 Å².